The first-order valence-corrected chi connectivity index (χ1v) is 6.21. The molecule has 0 saturated carbocycles. The first-order valence-electron chi connectivity index (χ1n) is 6.21. The van der Waals surface area contributed by atoms with Crippen molar-refractivity contribution in [2.24, 2.45) is 12.5 Å². The Morgan fingerprint density at radius 1 is 1.42 bits per heavy atom. The van der Waals surface area contributed by atoms with Crippen LogP contribution in [0.1, 0.15) is 31.1 Å². The third kappa shape index (κ3) is 2.86. The second-order valence-electron chi connectivity index (χ2n) is 5.92. The summed E-state index contributed by atoms with van der Waals surface area (Å²) in [6.45, 7) is 7.23. The molecule has 19 heavy (non-hydrogen) atoms. The summed E-state index contributed by atoms with van der Waals surface area (Å²) in [6, 6.07) is 4.98. The molecule has 0 aliphatic heterocycles. The van der Waals surface area contributed by atoms with Gasteiger partial charge in [-0.2, -0.15) is 0 Å². The maximum Gasteiger partial charge on any atom is 0.335 e. The van der Waals surface area contributed by atoms with Crippen LogP contribution in [0, 0.1) is 5.41 Å². The van der Waals surface area contributed by atoms with E-state index >= 15 is 0 Å². The van der Waals surface area contributed by atoms with E-state index in [0.717, 1.165) is 18.0 Å². The van der Waals surface area contributed by atoms with Crippen LogP contribution in [-0.2, 0) is 7.05 Å². The number of nitrogens with one attached hydrogen (secondary N) is 1. The number of carbonyl (C=O) groups is 1. The van der Waals surface area contributed by atoms with E-state index in [1.165, 1.54) is 0 Å². The van der Waals surface area contributed by atoms with Crippen LogP contribution in [0.3, 0.4) is 0 Å². The van der Waals surface area contributed by atoms with Gasteiger partial charge in [0.25, 0.3) is 0 Å². The Morgan fingerprint density at radius 3 is 2.68 bits per heavy atom. The summed E-state index contributed by atoms with van der Waals surface area (Å²) in [5, 5.41) is 12.3. The first-order chi connectivity index (χ1) is 8.78. The molecule has 1 heterocycles. The number of aromatic carboxylic acids is 1. The van der Waals surface area contributed by atoms with E-state index in [0.29, 0.717) is 5.52 Å². The number of aromatic nitrogens is 2. The van der Waals surface area contributed by atoms with Gasteiger partial charge in [0.1, 0.15) is 0 Å². The van der Waals surface area contributed by atoms with Crippen molar-refractivity contribution in [2.45, 2.75) is 20.8 Å². The molecule has 0 aliphatic rings. The van der Waals surface area contributed by atoms with Gasteiger partial charge in [-0.15, -0.1) is 0 Å². The SMILES string of the molecule is Cn1c(NCC(C)(C)C)nc2cc(C(=O)O)ccc21. The highest BCUT2D eigenvalue weighted by molar-refractivity contribution is 5.92. The molecule has 0 saturated heterocycles. The van der Waals surface area contributed by atoms with Crippen LogP contribution in [0.4, 0.5) is 5.95 Å². The van der Waals surface area contributed by atoms with E-state index in [4.69, 9.17) is 5.11 Å². The fraction of sp³-hybridized carbons (Fsp3) is 0.429. The lowest BCUT2D eigenvalue weighted by Crippen LogP contribution is -2.20. The van der Waals surface area contributed by atoms with E-state index in [9.17, 15) is 4.79 Å². The fourth-order valence-corrected chi connectivity index (χ4v) is 1.84. The molecule has 0 spiro atoms. The highest BCUT2D eigenvalue weighted by Crippen LogP contribution is 2.21. The number of nitrogens with zero attached hydrogens (tertiary/aromatic N) is 2. The molecule has 1 aromatic heterocycles. The van der Waals surface area contributed by atoms with E-state index in [-0.39, 0.29) is 11.0 Å². The predicted octanol–water partition coefficient (Wildman–Crippen LogP) is 2.73. The minimum atomic E-state index is -0.934. The molecule has 5 nitrogen and oxygen atoms in total. The molecule has 0 aliphatic carbocycles. The summed E-state index contributed by atoms with van der Waals surface area (Å²) in [7, 11) is 1.92. The number of hydrogen-bond acceptors (Lipinski definition) is 3. The molecule has 5 heteroatoms. The molecular formula is C14H19N3O2. The summed E-state index contributed by atoms with van der Waals surface area (Å²) in [5.74, 6) is -0.177. The highest BCUT2D eigenvalue weighted by Gasteiger charge is 2.14. The smallest absolute Gasteiger partial charge is 0.335 e. The van der Waals surface area contributed by atoms with Gasteiger partial charge in [0.15, 0.2) is 0 Å². The van der Waals surface area contributed by atoms with Gasteiger partial charge in [-0.05, 0) is 23.6 Å². The number of imidazole rings is 1. The van der Waals surface area contributed by atoms with Crippen molar-refractivity contribution in [3.8, 4) is 0 Å². The van der Waals surface area contributed by atoms with Gasteiger partial charge < -0.3 is 15.0 Å². The highest BCUT2D eigenvalue weighted by atomic mass is 16.4. The van der Waals surface area contributed by atoms with Gasteiger partial charge in [-0.1, -0.05) is 20.8 Å². The van der Waals surface area contributed by atoms with Crippen LogP contribution in [-0.4, -0.2) is 27.2 Å². The van der Waals surface area contributed by atoms with E-state index in [1.807, 2.05) is 11.6 Å². The van der Waals surface area contributed by atoms with E-state index < -0.39 is 5.97 Å². The Hall–Kier alpha value is -2.04. The second-order valence-corrected chi connectivity index (χ2v) is 5.92. The van der Waals surface area contributed by atoms with Crippen molar-refractivity contribution in [1.29, 1.82) is 0 Å². The molecule has 0 radical (unpaired) electrons. The topological polar surface area (TPSA) is 67.2 Å². The molecule has 0 atom stereocenters. The maximum atomic E-state index is 10.9. The van der Waals surface area contributed by atoms with Crippen molar-refractivity contribution in [3.63, 3.8) is 0 Å². The molecule has 0 bridgehead atoms. The van der Waals surface area contributed by atoms with Crippen LogP contribution in [0.25, 0.3) is 11.0 Å². The third-order valence-corrected chi connectivity index (χ3v) is 2.90. The van der Waals surface area contributed by atoms with Gasteiger partial charge in [-0.3, -0.25) is 0 Å². The third-order valence-electron chi connectivity index (χ3n) is 2.90. The Balaban J connectivity index is 2.36. The largest absolute Gasteiger partial charge is 0.478 e. The molecule has 2 N–H and O–H groups in total. The zero-order chi connectivity index (χ0) is 14.2. The Labute approximate surface area is 112 Å². The predicted molar refractivity (Wildman–Crippen MR) is 75.6 cm³/mol. The average Bonchev–Trinajstić information content (AvgIpc) is 2.62. The van der Waals surface area contributed by atoms with Crippen molar-refractivity contribution >= 4 is 23.0 Å². The van der Waals surface area contributed by atoms with Gasteiger partial charge >= 0.3 is 5.97 Å². The van der Waals surface area contributed by atoms with Crippen LogP contribution >= 0.6 is 0 Å². The number of aryl methyl sites for hydroxylation is 1. The van der Waals surface area contributed by atoms with Gasteiger partial charge in [0, 0.05) is 13.6 Å². The Morgan fingerprint density at radius 2 is 2.11 bits per heavy atom. The molecular weight excluding hydrogens is 242 g/mol. The van der Waals surface area contributed by atoms with Crippen LogP contribution < -0.4 is 5.32 Å². The van der Waals surface area contributed by atoms with Gasteiger partial charge in [0.2, 0.25) is 5.95 Å². The number of rotatable bonds is 3. The zero-order valence-electron chi connectivity index (χ0n) is 11.7. The normalized spacial score (nSPS) is 11.8. The maximum absolute atomic E-state index is 10.9. The summed E-state index contributed by atoms with van der Waals surface area (Å²) >= 11 is 0. The fourth-order valence-electron chi connectivity index (χ4n) is 1.84. The standard InChI is InChI=1S/C14H19N3O2/c1-14(2,3)8-15-13-16-10-7-9(12(18)19)5-6-11(10)17(13)4/h5-7H,8H2,1-4H3,(H,15,16)(H,18,19). The van der Waals surface area contributed by atoms with E-state index in [2.05, 4.69) is 31.1 Å². The van der Waals surface area contributed by atoms with Crippen molar-refractivity contribution < 1.29 is 9.90 Å². The number of fused-ring (bicyclic) bond motifs is 1. The summed E-state index contributed by atoms with van der Waals surface area (Å²) in [6.07, 6.45) is 0. The second kappa shape index (κ2) is 4.57. The lowest BCUT2D eigenvalue weighted by Gasteiger charge is -2.19. The number of carboxylic acid groups (broad SMARTS) is 1. The average molecular weight is 261 g/mol. The number of hydrogen-bond donors (Lipinski definition) is 2. The summed E-state index contributed by atoms with van der Waals surface area (Å²) < 4.78 is 1.94. The van der Waals surface area contributed by atoms with Gasteiger partial charge in [0.05, 0.1) is 16.6 Å². The summed E-state index contributed by atoms with van der Waals surface area (Å²) in [4.78, 5) is 15.4. The molecule has 102 valence electrons. The van der Waals surface area contributed by atoms with Crippen molar-refractivity contribution in [3.05, 3.63) is 23.8 Å². The Bertz CT molecular complexity index is 623. The quantitative estimate of drug-likeness (QED) is 0.891. The molecule has 0 amide bonds. The van der Waals surface area contributed by atoms with Crippen molar-refractivity contribution in [2.75, 3.05) is 11.9 Å². The number of carboxylic acids is 1. The van der Waals surface area contributed by atoms with Gasteiger partial charge in [-0.25, -0.2) is 9.78 Å². The van der Waals surface area contributed by atoms with Crippen LogP contribution in [0.2, 0.25) is 0 Å². The first kappa shape index (κ1) is 13.4. The Kier molecular flexibility index (Phi) is 3.22. The molecule has 1 aromatic carbocycles. The minimum Gasteiger partial charge on any atom is -0.478 e. The van der Waals surface area contributed by atoms with E-state index in [1.54, 1.807) is 18.2 Å². The molecule has 0 unspecified atom stereocenters. The number of benzene rings is 1. The minimum absolute atomic E-state index is 0.157. The zero-order valence-corrected chi connectivity index (χ0v) is 11.7. The van der Waals surface area contributed by atoms with Crippen molar-refractivity contribution in [1.82, 2.24) is 9.55 Å². The van der Waals surface area contributed by atoms with Crippen LogP contribution in [0.15, 0.2) is 18.2 Å². The lowest BCUT2D eigenvalue weighted by molar-refractivity contribution is 0.0697. The molecule has 0 fully saturated rings. The summed E-state index contributed by atoms with van der Waals surface area (Å²) in [5.41, 5.74) is 2.03. The molecule has 2 aromatic rings. The van der Waals surface area contributed by atoms with Crippen LogP contribution in [0.5, 0.6) is 0 Å². The monoisotopic (exact) mass is 261 g/mol. The number of anilines is 1. The molecule has 2 rings (SSSR count). The lowest BCUT2D eigenvalue weighted by atomic mass is 9.97.